The summed E-state index contributed by atoms with van der Waals surface area (Å²) >= 11 is 0. The van der Waals surface area contributed by atoms with Gasteiger partial charge in [-0.15, -0.1) is 0 Å². The summed E-state index contributed by atoms with van der Waals surface area (Å²) in [4.78, 5) is 4.61. The van der Waals surface area contributed by atoms with E-state index >= 15 is 0 Å². The smallest absolute Gasteiger partial charge is 0.163 e. The van der Waals surface area contributed by atoms with Gasteiger partial charge in [0.1, 0.15) is 0 Å². The Bertz CT molecular complexity index is 1000. The summed E-state index contributed by atoms with van der Waals surface area (Å²) in [5.74, 6) is 0. The second-order valence-electron chi connectivity index (χ2n) is 6.05. The first-order chi connectivity index (χ1) is 12.3. The van der Waals surface area contributed by atoms with Gasteiger partial charge in [-0.3, -0.25) is 0 Å². The second-order valence-corrected chi connectivity index (χ2v) is 6.05. The molecule has 2 aromatic carbocycles. The molecular formula is C21H19N3O. The van der Waals surface area contributed by atoms with Gasteiger partial charge >= 0.3 is 0 Å². The summed E-state index contributed by atoms with van der Waals surface area (Å²) in [5.41, 5.74) is 7.22. The van der Waals surface area contributed by atoms with Crippen LogP contribution < -0.4 is 0 Å². The minimum Gasteiger partial charge on any atom is -0.378 e. The molecule has 0 radical (unpaired) electrons. The average Bonchev–Trinajstić information content (AvgIpc) is 3.01. The standard InChI is InChI=1S/C21H19N3O/c1-15-8-10-16(11-9-15)19-12-13-22-21-20(17-6-4-3-5-7-17)18(14-25-2)23-24(19)21/h3-13H,14H2,1-2H3. The van der Waals surface area contributed by atoms with Crippen molar-refractivity contribution < 1.29 is 4.74 Å². The largest absolute Gasteiger partial charge is 0.378 e. The summed E-state index contributed by atoms with van der Waals surface area (Å²) in [7, 11) is 1.69. The molecule has 0 unspecified atom stereocenters. The van der Waals surface area contributed by atoms with Crippen LogP contribution in [0.3, 0.4) is 0 Å². The van der Waals surface area contributed by atoms with Crippen LogP contribution in [0.1, 0.15) is 11.3 Å². The van der Waals surface area contributed by atoms with E-state index in [9.17, 15) is 0 Å². The highest BCUT2D eigenvalue weighted by Crippen LogP contribution is 2.30. The summed E-state index contributed by atoms with van der Waals surface area (Å²) in [6, 6.07) is 20.7. The van der Waals surface area contributed by atoms with Gasteiger partial charge in [0.2, 0.25) is 0 Å². The zero-order chi connectivity index (χ0) is 17.2. The number of aryl methyl sites for hydroxylation is 1. The molecule has 0 saturated carbocycles. The van der Waals surface area contributed by atoms with E-state index in [-0.39, 0.29) is 0 Å². The molecule has 4 rings (SSSR count). The number of hydrogen-bond acceptors (Lipinski definition) is 3. The lowest BCUT2D eigenvalue weighted by Crippen LogP contribution is -1.96. The maximum absolute atomic E-state index is 5.38. The minimum atomic E-state index is 0.445. The number of hydrogen-bond donors (Lipinski definition) is 0. The van der Waals surface area contributed by atoms with Crippen LogP contribution in [0, 0.1) is 6.92 Å². The van der Waals surface area contributed by atoms with Crippen molar-refractivity contribution in [3.05, 3.63) is 78.1 Å². The molecule has 25 heavy (non-hydrogen) atoms. The molecular weight excluding hydrogens is 310 g/mol. The molecule has 124 valence electrons. The van der Waals surface area contributed by atoms with Crippen LogP contribution in [0.25, 0.3) is 28.0 Å². The summed E-state index contributed by atoms with van der Waals surface area (Å²) in [6.07, 6.45) is 1.84. The molecule has 4 nitrogen and oxygen atoms in total. The number of nitrogens with zero attached hydrogens (tertiary/aromatic N) is 3. The van der Waals surface area contributed by atoms with Crippen molar-refractivity contribution in [2.45, 2.75) is 13.5 Å². The molecule has 0 N–H and O–H groups in total. The summed E-state index contributed by atoms with van der Waals surface area (Å²) in [6.45, 7) is 2.53. The highest BCUT2D eigenvalue weighted by molar-refractivity contribution is 5.81. The first-order valence-electron chi connectivity index (χ1n) is 8.26. The number of benzene rings is 2. The van der Waals surface area contributed by atoms with Gasteiger partial charge < -0.3 is 4.74 Å². The van der Waals surface area contributed by atoms with Crippen molar-refractivity contribution in [3.8, 4) is 22.4 Å². The fraction of sp³-hybridized carbons (Fsp3) is 0.143. The predicted molar refractivity (Wildman–Crippen MR) is 99.3 cm³/mol. The first-order valence-corrected chi connectivity index (χ1v) is 8.26. The van der Waals surface area contributed by atoms with Gasteiger partial charge in [-0.25, -0.2) is 9.50 Å². The minimum absolute atomic E-state index is 0.445. The van der Waals surface area contributed by atoms with Gasteiger partial charge in [0.25, 0.3) is 0 Å². The van der Waals surface area contributed by atoms with Crippen molar-refractivity contribution >= 4 is 5.65 Å². The van der Waals surface area contributed by atoms with Crippen molar-refractivity contribution in [3.63, 3.8) is 0 Å². The van der Waals surface area contributed by atoms with Crippen LogP contribution in [0.2, 0.25) is 0 Å². The third-order valence-corrected chi connectivity index (χ3v) is 4.28. The summed E-state index contributed by atoms with van der Waals surface area (Å²) < 4.78 is 7.30. The number of aromatic nitrogens is 3. The lowest BCUT2D eigenvalue weighted by molar-refractivity contribution is 0.181. The number of ether oxygens (including phenoxy) is 1. The van der Waals surface area contributed by atoms with Gasteiger partial charge in [0.05, 0.1) is 23.6 Å². The molecule has 0 atom stereocenters. The van der Waals surface area contributed by atoms with Crippen molar-refractivity contribution in [1.82, 2.24) is 14.6 Å². The Morgan fingerprint density at radius 2 is 1.68 bits per heavy atom. The van der Waals surface area contributed by atoms with Crippen LogP contribution in [-0.2, 0) is 11.3 Å². The van der Waals surface area contributed by atoms with Crippen molar-refractivity contribution in [2.75, 3.05) is 7.11 Å². The van der Waals surface area contributed by atoms with Crippen LogP contribution in [0.15, 0.2) is 66.9 Å². The molecule has 0 bridgehead atoms. The Hall–Kier alpha value is -2.98. The Kier molecular flexibility index (Phi) is 4.04. The predicted octanol–water partition coefficient (Wildman–Crippen LogP) is 4.52. The molecule has 0 aliphatic rings. The average molecular weight is 329 g/mol. The number of rotatable bonds is 4. The van der Waals surface area contributed by atoms with Crippen molar-refractivity contribution in [1.29, 1.82) is 0 Å². The zero-order valence-corrected chi connectivity index (χ0v) is 14.3. The highest BCUT2D eigenvalue weighted by Gasteiger charge is 2.17. The van der Waals surface area contributed by atoms with E-state index in [4.69, 9.17) is 9.84 Å². The topological polar surface area (TPSA) is 39.4 Å². The third kappa shape index (κ3) is 2.81. The van der Waals surface area contributed by atoms with Gasteiger partial charge in [-0.2, -0.15) is 5.10 Å². The molecule has 0 saturated heterocycles. The zero-order valence-electron chi connectivity index (χ0n) is 14.3. The fourth-order valence-corrected chi connectivity index (χ4v) is 3.07. The van der Waals surface area contributed by atoms with Gasteiger partial charge in [0.15, 0.2) is 5.65 Å². The lowest BCUT2D eigenvalue weighted by atomic mass is 10.1. The van der Waals surface area contributed by atoms with Crippen molar-refractivity contribution in [2.24, 2.45) is 0 Å². The monoisotopic (exact) mass is 329 g/mol. The Morgan fingerprint density at radius 3 is 2.40 bits per heavy atom. The van der Waals surface area contributed by atoms with Crippen LogP contribution in [0.4, 0.5) is 0 Å². The van der Waals surface area contributed by atoms with E-state index < -0.39 is 0 Å². The normalized spacial score (nSPS) is 11.1. The van der Waals surface area contributed by atoms with Crippen LogP contribution in [-0.4, -0.2) is 21.7 Å². The van der Waals surface area contributed by atoms with E-state index in [1.54, 1.807) is 7.11 Å². The molecule has 2 aromatic heterocycles. The molecule has 4 aromatic rings. The van der Waals surface area contributed by atoms with Crippen LogP contribution in [0.5, 0.6) is 0 Å². The maximum atomic E-state index is 5.38. The van der Waals surface area contributed by atoms with Gasteiger partial charge in [-0.05, 0) is 18.6 Å². The van der Waals surface area contributed by atoms with Gasteiger partial charge in [0, 0.05) is 18.9 Å². The molecule has 2 heterocycles. The first kappa shape index (κ1) is 15.5. The Morgan fingerprint density at radius 1 is 0.920 bits per heavy atom. The third-order valence-electron chi connectivity index (χ3n) is 4.28. The maximum Gasteiger partial charge on any atom is 0.163 e. The molecule has 0 aliphatic carbocycles. The van der Waals surface area contributed by atoms with E-state index in [0.717, 1.165) is 33.7 Å². The van der Waals surface area contributed by atoms with Crippen LogP contribution >= 0.6 is 0 Å². The number of fused-ring (bicyclic) bond motifs is 1. The highest BCUT2D eigenvalue weighted by atomic mass is 16.5. The lowest BCUT2D eigenvalue weighted by Gasteiger charge is -2.05. The van der Waals surface area contributed by atoms with E-state index in [0.29, 0.717) is 6.61 Å². The summed E-state index contributed by atoms with van der Waals surface area (Å²) in [5, 5.41) is 4.81. The molecule has 4 heteroatoms. The van der Waals surface area contributed by atoms with Gasteiger partial charge in [-0.1, -0.05) is 60.2 Å². The number of methoxy groups -OCH3 is 1. The molecule has 0 fully saturated rings. The quantitative estimate of drug-likeness (QED) is 0.553. The fourth-order valence-electron chi connectivity index (χ4n) is 3.07. The SMILES string of the molecule is COCc1nn2c(-c3ccc(C)cc3)ccnc2c1-c1ccccc1. The molecule has 0 amide bonds. The molecule has 0 aliphatic heterocycles. The second kappa shape index (κ2) is 6.49. The van der Waals surface area contributed by atoms with E-state index in [2.05, 4.69) is 48.3 Å². The molecule has 0 spiro atoms. The van der Waals surface area contributed by atoms with E-state index in [1.807, 2.05) is 35.0 Å². The Labute approximate surface area is 146 Å². The van der Waals surface area contributed by atoms with E-state index in [1.165, 1.54) is 5.56 Å². The Balaban J connectivity index is 1.98.